The van der Waals surface area contributed by atoms with Crippen LogP contribution < -0.4 is 5.43 Å². The van der Waals surface area contributed by atoms with Crippen molar-refractivity contribution in [3.63, 3.8) is 0 Å². The molecule has 1 aromatic heterocycles. The van der Waals surface area contributed by atoms with Gasteiger partial charge in [-0.25, -0.2) is 4.39 Å². The standard InChI is InChI=1S/C20H16FNO4/c21-13-8-6-12(7-9-13)17-16-18(24)14-4-1-2-5-15(14)26-19(16)20(25)22(17)10-3-11-23/h1-2,4-9,17,23H,3,10-11H2. The molecule has 1 aliphatic heterocycles. The Labute approximate surface area is 148 Å². The molecule has 6 heteroatoms. The third kappa shape index (κ3) is 2.50. The second kappa shape index (κ2) is 6.38. The van der Waals surface area contributed by atoms with Crippen LogP contribution in [0, 0.1) is 5.82 Å². The maximum absolute atomic E-state index is 13.3. The van der Waals surface area contributed by atoms with E-state index in [1.807, 2.05) is 0 Å². The fraction of sp³-hybridized carbons (Fsp3) is 0.200. The van der Waals surface area contributed by atoms with Crippen LogP contribution in [0.2, 0.25) is 0 Å². The van der Waals surface area contributed by atoms with Crippen LogP contribution in [0.1, 0.15) is 34.1 Å². The van der Waals surface area contributed by atoms with Crippen LogP contribution in [0.3, 0.4) is 0 Å². The molecule has 2 heterocycles. The molecular weight excluding hydrogens is 337 g/mol. The SMILES string of the molecule is O=C1c2oc3ccccc3c(=O)c2C(c2ccc(F)cc2)N1CCCO. The quantitative estimate of drug-likeness (QED) is 0.783. The van der Waals surface area contributed by atoms with Gasteiger partial charge in [0, 0.05) is 13.2 Å². The molecule has 1 atom stereocenters. The first-order valence-corrected chi connectivity index (χ1v) is 8.35. The molecule has 1 amide bonds. The van der Waals surface area contributed by atoms with Crippen LogP contribution >= 0.6 is 0 Å². The molecule has 0 radical (unpaired) electrons. The average molecular weight is 353 g/mol. The predicted octanol–water partition coefficient (Wildman–Crippen LogP) is 2.86. The van der Waals surface area contributed by atoms with Crippen LogP contribution in [0.4, 0.5) is 4.39 Å². The van der Waals surface area contributed by atoms with Gasteiger partial charge in [0.1, 0.15) is 11.4 Å². The summed E-state index contributed by atoms with van der Waals surface area (Å²) in [5, 5.41) is 9.56. The number of aliphatic hydroxyl groups is 1. The van der Waals surface area contributed by atoms with Crippen molar-refractivity contribution in [2.75, 3.05) is 13.2 Å². The van der Waals surface area contributed by atoms with Crippen molar-refractivity contribution >= 4 is 16.9 Å². The molecular formula is C20H16FNO4. The van der Waals surface area contributed by atoms with E-state index in [1.165, 1.54) is 17.0 Å². The number of nitrogens with zero attached hydrogens (tertiary/aromatic N) is 1. The summed E-state index contributed by atoms with van der Waals surface area (Å²) in [6, 6.07) is 11.8. The molecule has 1 N–H and O–H groups in total. The Morgan fingerprint density at radius 3 is 2.54 bits per heavy atom. The number of aliphatic hydroxyl groups excluding tert-OH is 1. The maximum atomic E-state index is 13.3. The highest BCUT2D eigenvalue weighted by molar-refractivity contribution is 5.99. The summed E-state index contributed by atoms with van der Waals surface area (Å²) in [6.07, 6.45) is 0.366. The normalized spacial score (nSPS) is 16.3. The van der Waals surface area contributed by atoms with Gasteiger partial charge in [0.2, 0.25) is 5.76 Å². The summed E-state index contributed by atoms with van der Waals surface area (Å²) >= 11 is 0. The molecule has 0 fully saturated rings. The largest absolute Gasteiger partial charge is 0.450 e. The van der Waals surface area contributed by atoms with Gasteiger partial charge in [0.05, 0.1) is 17.0 Å². The van der Waals surface area contributed by atoms with Gasteiger partial charge in [-0.05, 0) is 36.2 Å². The third-order valence-electron chi connectivity index (χ3n) is 4.62. The molecule has 0 bridgehead atoms. The number of benzene rings is 2. The van der Waals surface area contributed by atoms with Crippen LogP contribution in [-0.2, 0) is 0 Å². The van der Waals surface area contributed by atoms with Crippen molar-refractivity contribution in [2.24, 2.45) is 0 Å². The van der Waals surface area contributed by atoms with E-state index in [9.17, 15) is 14.0 Å². The number of hydrogen-bond donors (Lipinski definition) is 1. The number of amides is 1. The Bertz CT molecular complexity index is 1040. The lowest BCUT2D eigenvalue weighted by atomic mass is 9.98. The minimum Gasteiger partial charge on any atom is -0.450 e. The lowest BCUT2D eigenvalue weighted by molar-refractivity contribution is 0.0716. The van der Waals surface area contributed by atoms with Gasteiger partial charge < -0.3 is 14.4 Å². The van der Waals surface area contributed by atoms with E-state index in [-0.39, 0.29) is 29.9 Å². The lowest BCUT2D eigenvalue weighted by Crippen LogP contribution is -2.31. The van der Waals surface area contributed by atoms with E-state index in [0.717, 1.165) is 0 Å². The first-order chi connectivity index (χ1) is 12.6. The second-order valence-corrected chi connectivity index (χ2v) is 6.20. The zero-order valence-corrected chi connectivity index (χ0v) is 13.8. The molecule has 0 saturated carbocycles. The van der Waals surface area contributed by atoms with Gasteiger partial charge in [-0.15, -0.1) is 0 Å². The van der Waals surface area contributed by atoms with Gasteiger partial charge in [0.15, 0.2) is 5.43 Å². The van der Waals surface area contributed by atoms with Crippen LogP contribution in [0.5, 0.6) is 0 Å². The number of hydrogen-bond acceptors (Lipinski definition) is 4. The number of carbonyl (C=O) groups is 1. The first-order valence-electron chi connectivity index (χ1n) is 8.35. The van der Waals surface area contributed by atoms with Crippen molar-refractivity contribution in [1.29, 1.82) is 0 Å². The molecule has 26 heavy (non-hydrogen) atoms. The zero-order valence-electron chi connectivity index (χ0n) is 13.8. The van der Waals surface area contributed by atoms with Crippen LogP contribution in [0.15, 0.2) is 57.7 Å². The van der Waals surface area contributed by atoms with Crippen molar-refractivity contribution < 1.29 is 18.7 Å². The summed E-state index contributed by atoms with van der Waals surface area (Å²) in [6.45, 7) is 0.178. The molecule has 2 aromatic carbocycles. The van der Waals surface area contributed by atoms with E-state index in [4.69, 9.17) is 9.52 Å². The number of fused-ring (bicyclic) bond motifs is 2. The van der Waals surface area contributed by atoms with Gasteiger partial charge in [0.25, 0.3) is 5.91 Å². The molecule has 0 saturated heterocycles. The smallest absolute Gasteiger partial charge is 0.290 e. The summed E-state index contributed by atoms with van der Waals surface area (Å²) in [7, 11) is 0. The number of rotatable bonds is 4. The van der Waals surface area contributed by atoms with Crippen LogP contribution in [0.25, 0.3) is 11.0 Å². The van der Waals surface area contributed by atoms with Gasteiger partial charge in [-0.1, -0.05) is 24.3 Å². The molecule has 1 aliphatic rings. The lowest BCUT2D eigenvalue weighted by Gasteiger charge is -2.24. The minimum absolute atomic E-state index is 0.0148. The Morgan fingerprint density at radius 2 is 1.81 bits per heavy atom. The van der Waals surface area contributed by atoms with Crippen molar-refractivity contribution in [1.82, 2.24) is 4.90 Å². The highest BCUT2D eigenvalue weighted by Gasteiger charge is 2.42. The van der Waals surface area contributed by atoms with Gasteiger partial charge >= 0.3 is 0 Å². The monoisotopic (exact) mass is 353 g/mol. The highest BCUT2D eigenvalue weighted by Crippen LogP contribution is 2.38. The van der Waals surface area contributed by atoms with E-state index in [1.54, 1.807) is 36.4 Å². The molecule has 0 spiro atoms. The summed E-state index contributed by atoms with van der Waals surface area (Å²) in [5.74, 6) is -0.780. The molecule has 1 unspecified atom stereocenters. The molecule has 132 valence electrons. The van der Waals surface area contributed by atoms with Crippen molar-refractivity contribution in [3.8, 4) is 0 Å². The zero-order chi connectivity index (χ0) is 18.3. The fourth-order valence-electron chi connectivity index (χ4n) is 3.43. The summed E-state index contributed by atoms with van der Waals surface area (Å²) in [4.78, 5) is 27.5. The second-order valence-electron chi connectivity index (χ2n) is 6.20. The van der Waals surface area contributed by atoms with E-state index in [0.29, 0.717) is 23.0 Å². The fourth-order valence-corrected chi connectivity index (χ4v) is 3.43. The average Bonchev–Trinajstić information content (AvgIpc) is 2.93. The summed E-state index contributed by atoms with van der Waals surface area (Å²) in [5.41, 5.74) is 0.972. The van der Waals surface area contributed by atoms with E-state index in [2.05, 4.69) is 0 Å². The number of carbonyl (C=O) groups excluding carboxylic acids is 1. The highest BCUT2D eigenvalue weighted by atomic mass is 19.1. The van der Waals surface area contributed by atoms with Crippen LogP contribution in [-0.4, -0.2) is 29.1 Å². The van der Waals surface area contributed by atoms with E-state index >= 15 is 0 Å². The van der Waals surface area contributed by atoms with Gasteiger partial charge in [-0.3, -0.25) is 9.59 Å². The molecule has 5 nitrogen and oxygen atoms in total. The Morgan fingerprint density at radius 1 is 1.08 bits per heavy atom. The Balaban J connectivity index is 1.96. The minimum atomic E-state index is -0.662. The molecule has 4 rings (SSSR count). The summed E-state index contributed by atoms with van der Waals surface area (Å²) < 4.78 is 19.1. The van der Waals surface area contributed by atoms with Crippen molar-refractivity contribution in [2.45, 2.75) is 12.5 Å². The first kappa shape index (κ1) is 16.5. The van der Waals surface area contributed by atoms with Crippen molar-refractivity contribution in [3.05, 3.63) is 81.5 Å². The Hall–Kier alpha value is -2.99. The third-order valence-corrected chi connectivity index (χ3v) is 4.62. The maximum Gasteiger partial charge on any atom is 0.290 e. The molecule has 3 aromatic rings. The number of halogens is 1. The predicted molar refractivity (Wildman–Crippen MR) is 93.5 cm³/mol. The number of para-hydroxylation sites is 1. The van der Waals surface area contributed by atoms with Gasteiger partial charge in [-0.2, -0.15) is 0 Å². The Kier molecular flexibility index (Phi) is 4.05. The topological polar surface area (TPSA) is 70.8 Å². The molecule has 0 aliphatic carbocycles. The van der Waals surface area contributed by atoms with E-state index < -0.39 is 17.8 Å².